The third-order valence-corrected chi connectivity index (χ3v) is 4.13. The number of para-hydroxylation sites is 1. The summed E-state index contributed by atoms with van der Waals surface area (Å²) in [5, 5.41) is 0. The highest BCUT2D eigenvalue weighted by molar-refractivity contribution is 5.33. The van der Waals surface area contributed by atoms with E-state index in [1.807, 2.05) is 24.4 Å². The van der Waals surface area contributed by atoms with Crippen LogP contribution in [0.2, 0.25) is 0 Å². The summed E-state index contributed by atoms with van der Waals surface area (Å²) in [6.45, 7) is 2.01. The molecule has 4 nitrogen and oxygen atoms in total. The Labute approximate surface area is 125 Å². The smallest absolute Gasteiger partial charge is 0.123 e. The lowest BCUT2D eigenvalue weighted by molar-refractivity contribution is 0.136. The fourth-order valence-corrected chi connectivity index (χ4v) is 3.07. The van der Waals surface area contributed by atoms with E-state index in [0.717, 1.165) is 31.0 Å². The highest BCUT2D eigenvalue weighted by Gasteiger charge is 2.25. The average molecular weight is 283 g/mol. The van der Waals surface area contributed by atoms with Gasteiger partial charge in [0.05, 0.1) is 18.8 Å². The third kappa shape index (κ3) is 3.22. The minimum absolute atomic E-state index is 0.381. The second-order valence-electron chi connectivity index (χ2n) is 5.43. The Morgan fingerprint density at radius 2 is 2.14 bits per heavy atom. The highest BCUT2D eigenvalue weighted by Crippen LogP contribution is 2.32. The number of benzene rings is 1. The standard InChI is InChI=1S/C17H21N3O/c1-21-17-8-3-2-6-14(17)12-20-11-5-4-7-16(20)15-9-10-18-13-19-15/h2-3,6,8-10,13,16H,4-5,7,11-12H2,1H3. The van der Waals surface area contributed by atoms with Crippen LogP contribution in [0.4, 0.5) is 0 Å². The normalized spacial score (nSPS) is 19.4. The van der Waals surface area contributed by atoms with Gasteiger partial charge in [0.25, 0.3) is 0 Å². The zero-order valence-corrected chi connectivity index (χ0v) is 12.4. The predicted molar refractivity (Wildman–Crippen MR) is 82.0 cm³/mol. The predicted octanol–water partition coefficient (Wildman–Crippen LogP) is 3.21. The van der Waals surface area contributed by atoms with Gasteiger partial charge in [0.1, 0.15) is 12.1 Å². The molecule has 2 aromatic rings. The molecular weight excluding hydrogens is 262 g/mol. The number of hydrogen-bond donors (Lipinski definition) is 0. The topological polar surface area (TPSA) is 38.2 Å². The lowest BCUT2D eigenvalue weighted by Crippen LogP contribution is -2.33. The van der Waals surface area contributed by atoms with E-state index in [4.69, 9.17) is 4.74 Å². The number of rotatable bonds is 4. The van der Waals surface area contributed by atoms with Crippen LogP contribution in [0.5, 0.6) is 5.75 Å². The zero-order chi connectivity index (χ0) is 14.5. The Kier molecular flexibility index (Phi) is 4.46. The van der Waals surface area contributed by atoms with Gasteiger partial charge in [-0.2, -0.15) is 0 Å². The second-order valence-corrected chi connectivity index (χ2v) is 5.43. The maximum Gasteiger partial charge on any atom is 0.123 e. The van der Waals surface area contributed by atoms with Crippen molar-refractivity contribution in [3.8, 4) is 5.75 Å². The van der Waals surface area contributed by atoms with Gasteiger partial charge >= 0.3 is 0 Å². The summed E-state index contributed by atoms with van der Waals surface area (Å²) in [5.74, 6) is 0.963. The Balaban J connectivity index is 1.82. The van der Waals surface area contributed by atoms with Gasteiger partial charge in [0, 0.05) is 18.3 Å². The van der Waals surface area contributed by atoms with Crippen LogP contribution in [0.25, 0.3) is 0 Å². The molecule has 2 heterocycles. The number of piperidine rings is 1. The van der Waals surface area contributed by atoms with Gasteiger partial charge < -0.3 is 4.74 Å². The number of hydrogen-bond acceptors (Lipinski definition) is 4. The van der Waals surface area contributed by atoms with E-state index in [1.54, 1.807) is 13.4 Å². The van der Waals surface area contributed by atoms with Gasteiger partial charge in [-0.3, -0.25) is 4.90 Å². The third-order valence-electron chi connectivity index (χ3n) is 4.13. The van der Waals surface area contributed by atoms with Gasteiger partial charge in [-0.05, 0) is 31.5 Å². The molecule has 1 saturated heterocycles. The fourth-order valence-electron chi connectivity index (χ4n) is 3.07. The van der Waals surface area contributed by atoms with Crippen molar-refractivity contribution in [3.63, 3.8) is 0 Å². The molecular formula is C17H21N3O. The number of nitrogens with zero attached hydrogens (tertiary/aromatic N) is 3. The van der Waals surface area contributed by atoms with Crippen LogP contribution in [0.15, 0.2) is 42.9 Å². The number of aromatic nitrogens is 2. The highest BCUT2D eigenvalue weighted by atomic mass is 16.5. The van der Waals surface area contributed by atoms with Gasteiger partial charge in [0.2, 0.25) is 0 Å². The lowest BCUT2D eigenvalue weighted by Gasteiger charge is -2.35. The molecule has 0 spiro atoms. The van der Waals surface area contributed by atoms with Crippen LogP contribution in [0.3, 0.4) is 0 Å². The lowest BCUT2D eigenvalue weighted by atomic mass is 9.98. The van der Waals surface area contributed by atoms with E-state index in [9.17, 15) is 0 Å². The van der Waals surface area contributed by atoms with E-state index in [2.05, 4.69) is 27.0 Å². The van der Waals surface area contributed by atoms with Crippen molar-refractivity contribution >= 4 is 0 Å². The molecule has 4 heteroatoms. The maximum absolute atomic E-state index is 5.48. The monoisotopic (exact) mass is 283 g/mol. The first kappa shape index (κ1) is 14.0. The van der Waals surface area contributed by atoms with Crippen molar-refractivity contribution < 1.29 is 4.74 Å². The van der Waals surface area contributed by atoms with Crippen LogP contribution in [-0.2, 0) is 6.54 Å². The van der Waals surface area contributed by atoms with Crippen LogP contribution in [-0.4, -0.2) is 28.5 Å². The largest absolute Gasteiger partial charge is 0.496 e. The molecule has 1 aliphatic rings. The first-order valence-corrected chi connectivity index (χ1v) is 7.50. The number of methoxy groups -OCH3 is 1. The van der Waals surface area contributed by atoms with Crippen LogP contribution in [0.1, 0.15) is 36.6 Å². The molecule has 1 unspecified atom stereocenters. The van der Waals surface area contributed by atoms with E-state index in [1.165, 1.54) is 18.4 Å². The van der Waals surface area contributed by atoms with Crippen molar-refractivity contribution in [2.75, 3.05) is 13.7 Å². The molecule has 1 aromatic heterocycles. The maximum atomic E-state index is 5.48. The molecule has 0 saturated carbocycles. The molecule has 0 N–H and O–H groups in total. The molecule has 3 rings (SSSR count). The fraction of sp³-hybridized carbons (Fsp3) is 0.412. The molecule has 21 heavy (non-hydrogen) atoms. The summed E-state index contributed by atoms with van der Waals surface area (Å²) in [6.07, 6.45) is 7.14. The number of likely N-dealkylation sites (tertiary alicyclic amines) is 1. The molecule has 110 valence electrons. The Morgan fingerprint density at radius 1 is 1.24 bits per heavy atom. The van der Waals surface area contributed by atoms with E-state index in [0.29, 0.717) is 6.04 Å². The van der Waals surface area contributed by atoms with Gasteiger partial charge in [-0.1, -0.05) is 24.6 Å². The summed E-state index contributed by atoms with van der Waals surface area (Å²) in [4.78, 5) is 11.0. The summed E-state index contributed by atoms with van der Waals surface area (Å²) >= 11 is 0. The van der Waals surface area contributed by atoms with Crippen molar-refractivity contribution in [3.05, 3.63) is 54.1 Å². The summed E-state index contributed by atoms with van der Waals surface area (Å²) in [5.41, 5.74) is 2.36. The van der Waals surface area contributed by atoms with Crippen LogP contribution in [0, 0.1) is 0 Å². The molecule has 0 amide bonds. The zero-order valence-electron chi connectivity index (χ0n) is 12.4. The van der Waals surface area contributed by atoms with Crippen molar-refractivity contribution in [1.82, 2.24) is 14.9 Å². The molecule has 1 aliphatic heterocycles. The summed E-state index contributed by atoms with van der Waals surface area (Å²) < 4.78 is 5.48. The molecule has 1 aromatic carbocycles. The Hall–Kier alpha value is -1.94. The first-order valence-electron chi connectivity index (χ1n) is 7.50. The van der Waals surface area contributed by atoms with Crippen molar-refractivity contribution in [2.45, 2.75) is 31.8 Å². The number of ether oxygens (including phenoxy) is 1. The minimum Gasteiger partial charge on any atom is -0.496 e. The van der Waals surface area contributed by atoms with Gasteiger partial charge in [-0.25, -0.2) is 9.97 Å². The van der Waals surface area contributed by atoms with Crippen LogP contribution < -0.4 is 4.74 Å². The molecule has 0 aliphatic carbocycles. The molecule has 0 radical (unpaired) electrons. The first-order chi connectivity index (χ1) is 10.4. The van der Waals surface area contributed by atoms with Gasteiger partial charge in [-0.15, -0.1) is 0 Å². The van der Waals surface area contributed by atoms with Crippen molar-refractivity contribution in [1.29, 1.82) is 0 Å². The van der Waals surface area contributed by atoms with E-state index < -0.39 is 0 Å². The van der Waals surface area contributed by atoms with Gasteiger partial charge in [0.15, 0.2) is 0 Å². The second kappa shape index (κ2) is 6.68. The van der Waals surface area contributed by atoms with E-state index in [-0.39, 0.29) is 0 Å². The Bertz CT molecular complexity index is 573. The SMILES string of the molecule is COc1ccccc1CN1CCCCC1c1ccncn1. The summed E-state index contributed by atoms with van der Waals surface area (Å²) in [7, 11) is 1.73. The Morgan fingerprint density at radius 3 is 2.95 bits per heavy atom. The molecule has 1 fully saturated rings. The minimum atomic E-state index is 0.381. The van der Waals surface area contributed by atoms with Crippen LogP contribution >= 0.6 is 0 Å². The summed E-state index contributed by atoms with van der Waals surface area (Å²) in [6, 6.07) is 10.7. The quantitative estimate of drug-likeness (QED) is 0.863. The average Bonchev–Trinajstić information content (AvgIpc) is 2.57. The van der Waals surface area contributed by atoms with Crippen molar-refractivity contribution in [2.24, 2.45) is 0 Å². The van der Waals surface area contributed by atoms with E-state index >= 15 is 0 Å². The molecule has 1 atom stereocenters. The molecule has 0 bridgehead atoms.